The van der Waals surface area contributed by atoms with E-state index in [2.05, 4.69) is 15.3 Å². The van der Waals surface area contributed by atoms with Gasteiger partial charge in [0, 0.05) is 12.4 Å². The van der Waals surface area contributed by atoms with Gasteiger partial charge in [-0.2, -0.15) is 0 Å². The first-order chi connectivity index (χ1) is 9.30. The van der Waals surface area contributed by atoms with Gasteiger partial charge >= 0.3 is 0 Å². The van der Waals surface area contributed by atoms with Crippen molar-refractivity contribution in [3.63, 3.8) is 0 Å². The number of anilines is 1. The fourth-order valence-electron chi connectivity index (χ4n) is 2.06. The molecule has 1 aromatic heterocycles. The standard InChI is InChI=1S/C11H16N4O3S2/c1-11(2-5-20(17,18)7-11)15-8(16)6-19-10-9(12)13-3-4-14-10/h3-4H,2,5-7H2,1H3,(H2,12,13)(H,15,16). The first kappa shape index (κ1) is 15.0. The van der Waals surface area contributed by atoms with Crippen LogP contribution in [0.25, 0.3) is 0 Å². The van der Waals surface area contributed by atoms with Crippen molar-refractivity contribution in [2.24, 2.45) is 0 Å². The van der Waals surface area contributed by atoms with Crippen LogP contribution in [-0.4, -0.2) is 47.1 Å². The highest BCUT2D eigenvalue weighted by molar-refractivity contribution is 8.00. The van der Waals surface area contributed by atoms with Crippen LogP contribution in [0.3, 0.4) is 0 Å². The number of nitrogen functional groups attached to an aromatic ring is 1. The minimum atomic E-state index is -3.04. The summed E-state index contributed by atoms with van der Waals surface area (Å²) in [5, 5.41) is 3.27. The van der Waals surface area contributed by atoms with E-state index < -0.39 is 15.4 Å². The lowest BCUT2D eigenvalue weighted by molar-refractivity contribution is -0.120. The van der Waals surface area contributed by atoms with Gasteiger partial charge in [0.15, 0.2) is 15.7 Å². The van der Waals surface area contributed by atoms with Crippen molar-refractivity contribution in [3.05, 3.63) is 12.4 Å². The number of nitrogens with zero attached hydrogens (tertiary/aromatic N) is 2. The number of sulfone groups is 1. The molecule has 1 atom stereocenters. The van der Waals surface area contributed by atoms with Crippen molar-refractivity contribution in [3.8, 4) is 0 Å². The Morgan fingerprint density at radius 1 is 1.50 bits per heavy atom. The van der Waals surface area contributed by atoms with Crippen LogP contribution in [-0.2, 0) is 14.6 Å². The summed E-state index contributed by atoms with van der Waals surface area (Å²) in [6.07, 6.45) is 3.42. The summed E-state index contributed by atoms with van der Waals surface area (Å²) in [6.45, 7) is 1.75. The Morgan fingerprint density at radius 2 is 2.20 bits per heavy atom. The molecule has 1 amide bonds. The normalized spacial score (nSPS) is 24.4. The van der Waals surface area contributed by atoms with Crippen molar-refractivity contribution in [1.82, 2.24) is 15.3 Å². The fourth-order valence-corrected chi connectivity index (χ4v) is 4.83. The quantitative estimate of drug-likeness (QED) is 0.742. The van der Waals surface area contributed by atoms with Crippen LogP contribution in [0.5, 0.6) is 0 Å². The third kappa shape index (κ3) is 3.83. The molecule has 9 heteroatoms. The molecule has 1 fully saturated rings. The first-order valence-electron chi connectivity index (χ1n) is 6.00. The summed E-state index contributed by atoms with van der Waals surface area (Å²) in [6, 6.07) is 0. The zero-order valence-corrected chi connectivity index (χ0v) is 12.6. The number of hydrogen-bond acceptors (Lipinski definition) is 7. The van der Waals surface area contributed by atoms with Crippen LogP contribution < -0.4 is 11.1 Å². The summed E-state index contributed by atoms with van der Waals surface area (Å²) in [5.41, 5.74) is 4.95. The second kappa shape index (κ2) is 5.57. The number of amides is 1. The van der Waals surface area contributed by atoms with Gasteiger partial charge in [0.1, 0.15) is 5.03 Å². The predicted molar refractivity (Wildman–Crippen MR) is 77.0 cm³/mol. The van der Waals surface area contributed by atoms with Crippen molar-refractivity contribution in [2.75, 3.05) is 23.0 Å². The molecule has 7 nitrogen and oxygen atoms in total. The molecule has 0 spiro atoms. The van der Waals surface area contributed by atoms with Gasteiger partial charge in [-0.25, -0.2) is 18.4 Å². The Kier molecular flexibility index (Phi) is 4.19. The van der Waals surface area contributed by atoms with E-state index in [0.717, 1.165) is 0 Å². The van der Waals surface area contributed by atoms with Crippen molar-refractivity contribution >= 4 is 33.3 Å². The number of carbonyl (C=O) groups excluding carboxylic acids is 1. The minimum Gasteiger partial charge on any atom is -0.381 e. The van der Waals surface area contributed by atoms with Gasteiger partial charge in [0.2, 0.25) is 5.91 Å². The van der Waals surface area contributed by atoms with Crippen LogP contribution in [0.4, 0.5) is 5.82 Å². The third-order valence-corrected chi connectivity index (χ3v) is 5.87. The molecule has 0 saturated carbocycles. The van der Waals surface area contributed by atoms with E-state index >= 15 is 0 Å². The van der Waals surface area contributed by atoms with Gasteiger partial charge in [0.25, 0.3) is 0 Å². The Bertz CT molecular complexity index is 620. The highest BCUT2D eigenvalue weighted by atomic mass is 32.2. The predicted octanol–water partition coefficient (Wildman–Crippen LogP) is -0.156. The molecule has 2 rings (SSSR count). The highest BCUT2D eigenvalue weighted by Gasteiger charge is 2.39. The van der Waals surface area contributed by atoms with E-state index in [4.69, 9.17) is 5.73 Å². The number of nitrogens with two attached hydrogens (primary N) is 1. The SMILES string of the molecule is CC1(NC(=O)CSc2nccnc2N)CCS(=O)(=O)C1. The molecular formula is C11H16N4O3S2. The Labute approximate surface area is 121 Å². The minimum absolute atomic E-state index is 0.0102. The van der Waals surface area contributed by atoms with Gasteiger partial charge in [-0.3, -0.25) is 4.79 Å². The van der Waals surface area contributed by atoms with Crippen molar-refractivity contribution < 1.29 is 13.2 Å². The van der Waals surface area contributed by atoms with E-state index in [-0.39, 0.29) is 29.0 Å². The number of thioether (sulfide) groups is 1. The Morgan fingerprint density at radius 3 is 2.80 bits per heavy atom. The summed E-state index contributed by atoms with van der Waals surface area (Å²) in [4.78, 5) is 19.8. The second-order valence-corrected chi connectivity index (χ2v) is 8.13. The van der Waals surface area contributed by atoms with Crippen LogP contribution in [0.15, 0.2) is 17.4 Å². The van der Waals surface area contributed by atoms with E-state index in [1.54, 1.807) is 6.92 Å². The van der Waals surface area contributed by atoms with Gasteiger partial charge in [-0.1, -0.05) is 11.8 Å². The van der Waals surface area contributed by atoms with Gasteiger partial charge in [-0.05, 0) is 13.3 Å². The fraction of sp³-hybridized carbons (Fsp3) is 0.545. The van der Waals surface area contributed by atoms with E-state index in [9.17, 15) is 13.2 Å². The average molecular weight is 316 g/mol. The number of nitrogens with one attached hydrogen (secondary N) is 1. The van der Waals surface area contributed by atoms with Crippen LogP contribution in [0.2, 0.25) is 0 Å². The molecule has 1 aliphatic heterocycles. The van der Waals surface area contributed by atoms with Crippen molar-refractivity contribution in [2.45, 2.75) is 23.9 Å². The van der Waals surface area contributed by atoms with Crippen LogP contribution in [0.1, 0.15) is 13.3 Å². The number of hydrogen-bond donors (Lipinski definition) is 2. The maximum atomic E-state index is 11.9. The molecule has 0 aliphatic carbocycles. The Hall–Kier alpha value is -1.35. The maximum absolute atomic E-state index is 11.9. The summed E-state index contributed by atoms with van der Waals surface area (Å²) in [7, 11) is -3.04. The molecule has 1 unspecified atom stereocenters. The van der Waals surface area contributed by atoms with E-state index in [1.165, 1.54) is 24.2 Å². The van der Waals surface area contributed by atoms with E-state index in [0.29, 0.717) is 11.4 Å². The zero-order chi connectivity index (χ0) is 14.8. The number of rotatable bonds is 4. The maximum Gasteiger partial charge on any atom is 0.230 e. The summed E-state index contributed by atoms with van der Waals surface area (Å²) >= 11 is 1.18. The van der Waals surface area contributed by atoms with Crippen LogP contribution >= 0.6 is 11.8 Å². The smallest absolute Gasteiger partial charge is 0.230 e. The lowest BCUT2D eigenvalue weighted by atomic mass is 10.0. The molecule has 110 valence electrons. The molecular weight excluding hydrogens is 300 g/mol. The van der Waals surface area contributed by atoms with Gasteiger partial charge in [0.05, 0.1) is 22.8 Å². The van der Waals surface area contributed by atoms with Gasteiger partial charge in [-0.15, -0.1) is 0 Å². The summed E-state index contributed by atoms with van der Waals surface area (Å²) < 4.78 is 22.9. The van der Waals surface area contributed by atoms with Crippen molar-refractivity contribution in [1.29, 1.82) is 0 Å². The largest absolute Gasteiger partial charge is 0.381 e. The molecule has 1 aliphatic rings. The summed E-state index contributed by atoms with van der Waals surface area (Å²) in [5.74, 6) is 0.274. The highest BCUT2D eigenvalue weighted by Crippen LogP contribution is 2.24. The number of aromatic nitrogens is 2. The molecule has 3 N–H and O–H groups in total. The lowest BCUT2D eigenvalue weighted by Crippen LogP contribution is -2.47. The molecule has 0 aromatic carbocycles. The van der Waals surface area contributed by atoms with E-state index in [1.807, 2.05) is 0 Å². The van der Waals surface area contributed by atoms with Crippen LogP contribution in [0, 0.1) is 0 Å². The molecule has 20 heavy (non-hydrogen) atoms. The Balaban J connectivity index is 1.89. The third-order valence-electron chi connectivity index (χ3n) is 2.98. The first-order valence-corrected chi connectivity index (χ1v) is 8.81. The second-order valence-electron chi connectivity index (χ2n) is 4.99. The topological polar surface area (TPSA) is 115 Å². The molecule has 2 heterocycles. The zero-order valence-electron chi connectivity index (χ0n) is 11.0. The molecule has 1 aromatic rings. The number of carbonyl (C=O) groups is 1. The molecule has 0 radical (unpaired) electrons. The monoisotopic (exact) mass is 316 g/mol. The average Bonchev–Trinajstić information content (AvgIpc) is 2.62. The molecule has 1 saturated heterocycles. The lowest BCUT2D eigenvalue weighted by Gasteiger charge is -2.23. The molecule has 0 bridgehead atoms. The van der Waals surface area contributed by atoms with Gasteiger partial charge < -0.3 is 11.1 Å².